The Hall–Kier alpha value is -2.41. The van der Waals surface area contributed by atoms with Crippen LogP contribution >= 0.6 is 11.3 Å². The minimum atomic E-state index is -0.230. The fourth-order valence-corrected chi connectivity index (χ4v) is 4.44. The maximum Gasteiger partial charge on any atom is 0.325 e. The van der Waals surface area contributed by atoms with Crippen LogP contribution in [0.4, 0.5) is 0 Å². The second-order valence-corrected chi connectivity index (χ2v) is 7.56. The highest BCUT2D eigenvalue weighted by molar-refractivity contribution is 7.14. The van der Waals surface area contributed by atoms with E-state index in [0.717, 1.165) is 48.3 Å². The lowest BCUT2D eigenvalue weighted by Gasteiger charge is -2.32. The number of nitrogens with one attached hydrogen (secondary N) is 2. The number of carbonyl (C=O) groups excluding carboxylic acids is 1. The van der Waals surface area contributed by atoms with Crippen LogP contribution in [0.15, 0.2) is 29.2 Å². The van der Waals surface area contributed by atoms with Crippen LogP contribution < -0.4 is 5.69 Å². The van der Waals surface area contributed by atoms with Crippen LogP contribution in [0, 0.1) is 0 Å². The first-order chi connectivity index (χ1) is 12.2. The molecule has 4 rings (SSSR count). The summed E-state index contributed by atoms with van der Waals surface area (Å²) < 4.78 is 0. The Morgan fingerprint density at radius 2 is 2.08 bits per heavy atom. The predicted molar refractivity (Wildman–Crippen MR) is 98.3 cm³/mol. The molecular weight excluding hydrogens is 336 g/mol. The maximum absolute atomic E-state index is 12.7. The van der Waals surface area contributed by atoms with E-state index < -0.39 is 0 Å². The van der Waals surface area contributed by atoms with Crippen molar-refractivity contribution in [3.8, 4) is 0 Å². The van der Waals surface area contributed by atoms with Crippen LogP contribution in [0.25, 0.3) is 11.2 Å². The number of aromatic amines is 2. The molecule has 1 amide bonds. The molecule has 6 nitrogen and oxygen atoms in total. The van der Waals surface area contributed by atoms with Gasteiger partial charge in [-0.2, -0.15) is 0 Å². The van der Waals surface area contributed by atoms with E-state index in [9.17, 15) is 9.59 Å². The van der Waals surface area contributed by atoms with Gasteiger partial charge < -0.3 is 9.88 Å². The highest BCUT2D eigenvalue weighted by Crippen LogP contribution is 2.32. The highest BCUT2D eigenvalue weighted by atomic mass is 32.1. The van der Waals surface area contributed by atoms with E-state index in [1.165, 1.54) is 4.88 Å². The number of hydrogen-bond acceptors (Lipinski definition) is 4. The van der Waals surface area contributed by atoms with Crippen molar-refractivity contribution in [1.29, 1.82) is 0 Å². The SMILES string of the molecule is CCc1ccc(C(=O)N2CCC(c3ccnc4[nH]c(=O)[nH]c34)CC2)s1. The summed E-state index contributed by atoms with van der Waals surface area (Å²) in [5.74, 6) is 0.466. The molecule has 1 aliphatic heterocycles. The number of H-pyrrole nitrogens is 2. The first-order valence-corrected chi connectivity index (χ1v) is 9.42. The van der Waals surface area contributed by atoms with Crippen molar-refractivity contribution >= 4 is 28.4 Å². The molecule has 3 aromatic rings. The lowest BCUT2D eigenvalue weighted by molar-refractivity contribution is 0.0718. The number of amides is 1. The Balaban J connectivity index is 1.49. The number of piperidine rings is 1. The maximum atomic E-state index is 12.7. The number of aromatic nitrogens is 3. The Morgan fingerprint density at radius 1 is 1.28 bits per heavy atom. The average molecular weight is 356 g/mol. The summed E-state index contributed by atoms with van der Waals surface area (Å²) in [6.45, 7) is 3.58. The quantitative estimate of drug-likeness (QED) is 0.757. The van der Waals surface area contributed by atoms with Gasteiger partial charge in [0, 0.05) is 24.2 Å². The molecule has 1 saturated heterocycles. The number of nitrogens with zero attached hydrogens (tertiary/aromatic N) is 2. The Bertz CT molecular complexity index is 963. The fraction of sp³-hybridized carbons (Fsp3) is 0.389. The van der Waals surface area contributed by atoms with Crippen molar-refractivity contribution < 1.29 is 4.79 Å². The number of imidazole rings is 1. The molecule has 0 radical (unpaired) electrons. The van der Waals surface area contributed by atoms with E-state index in [4.69, 9.17) is 0 Å². The second kappa shape index (κ2) is 6.48. The van der Waals surface area contributed by atoms with Crippen molar-refractivity contribution in [3.63, 3.8) is 0 Å². The molecule has 4 heterocycles. The summed E-state index contributed by atoms with van der Waals surface area (Å²) in [6, 6.07) is 5.95. The zero-order valence-electron chi connectivity index (χ0n) is 14.0. The van der Waals surface area contributed by atoms with Crippen molar-refractivity contribution in [3.05, 3.63) is 50.2 Å². The van der Waals surface area contributed by atoms with Crippen LogP contribution in [-0.4, -0.2) is 38.8 Å². The van der Waals surface area contributed by atoms with Gasteiger partial charge in [-0.3, -0.25) is 9.78 Å². The molecule has 7 heteroatoms. The summed E-state index contributed by atoms with van der Waals surface area (Å²) in [5.41, 5.74) is 2.28. The standard InChI is InChI=1S/C18H20N4O2S/c1-2-12-3-4-14(25-12)17(23)22-9-6-11(7-10-22)13-5-8-19-16-15(13)20-18(24)21-16/h3-5,8,11H,2,6-7,9-10H2,1H3,(H2,19,20,21,24). The van der Waals surface area contributed by atoms with E-state index in [0.29, 0.717) is 11.6 Å². The van der Waals surface area contributed by atoms with E-state index >= 15 is 0 Å². The first kappa shape index (κ1) is 16.1. The van der Waals surface area contributed by atoms with Gasteiger partial charge >= 0.3 is 5.69 Å². The molecule has 0 atom stereocenters. The molecule has 1 aliphatic rings. The summed E-state index contributed by atoms with van der Waals surface area (Å²) in [5, 5.41) is 0. The Kier molecular flexibility index (Phi) is 4.17. The zero-order valence-corrected chi connectivity index (χ0v) is 14.9. The number of hydrogen-bond donors (Lipinski definition) is 2. The van der Waals surface area contributed by atoms with Crippen LogP contribution in [0.5, 0.6) is 0 Å². The number of rotatable bonds is 3. The third-order valence-electron chi connectivity index (χ3n) is 4.90. The van der Waals surface area contributed by atoms with E-state index in [1.807, 2.05) is 23.1 Å². The predicted octanol–water partition coefficient (Wildman–Crippen LogP) is 2.89. The second-order valence-electron chi connectivity index (χ2n) is 6.39. The van der Waals surface area contributed by atoms with Crippen molar-refractivity contribution in [2.24, 2.45) is 0 Å². The van der Waals surface area contributed by atoms with Gasteiger partial charge in [0.1, 0.15) is 0 Å². The summed E-state index contributed by atoms with van der Waals surface area (Å²) >= 11 is 1.59. The number of pyridine rings is 1. The fourth-order valence-electron chi connectivity index (χ4n) is 3.53. The normalized spacial score (nSPS) is 15.8. The van der Waals surface area contributed by atoms with Gasteiger partial charge in [0.25, 0.3) is 5.91 Å². The lowest BCUT2D eigenvalue weighted by atomic mass is 9.89. The van der Waals surface area contributed by atoms with E-state index in [2.05, 4.69) is 21.9 Å². The highest BCUT2D eigenvalue weighted by Gasteiger charge is 2.26. The largest absolute Gasteiger partial charge is 0.338 e. The van der Waals surface area contributed by atoms with Gasteiger partial charge in [-0.1, -0.05) is 6.92 Å². The summed E-state index contributed by atoms with van der Waals surface area (Å²) in [6.07, 6.45) is 4.48. The van der Waals surface area contributed by atoms with Crippen LogP contribution in [0.3, 0.4) is 0 Å². The molecule has 0 aromatic carbocycles. The van der Waals surface area contributed by atoms with Crippen molar-refractivity contribution in [1.82, 2.24) is 19.9 Å². The molecule has 0 bridgehead atoms. The molecule has 3 aromatic heterocycles. The van der Waals surface area contributed by atoms with Gasteiger partial charge in [0.2, 0.25) is 0 Å². The zero-order chi connectivity index (χ0) is 17.4. The number of fused-ring (bicyclic) bond motifs is 1. The first-order valence-electron chi connectivity index (χ1n) is 8.60. The van der Waals surface area contributed by atoms with Gasteiger partial charge in [-0.05, 0) is 48.9 Å². The molecule has 1 fully saturated rings. The molecule has 130 valence electrons. The number of likely N-dealkylation sites (tertiary alicyclic amines) is 1. The summed E-state index contributed by atoms with van der Waals surface area (Å²) in [7, 11) is 0. The molecule has 25 heavy (non-hydrogen) atoms. The smallest absolute Gasteiger partial charge is 0.325 e. The van der Waals surface area contributed by atoms with Gasteiger partial charge in [0.05, 0.1) is 10.4 Å². The molecule has 2 N–H and O–H groups in total. The van der Waals surface area contributed by atoms with E-state index in [-0.39, 0.29) is 11.6 Å². The van der Waals surface area contributed by atoms with Crippen LogP contribution in [-0.2, 0) is 6.42 Å². The van der Waals surface area contributed by atoms with Crippen LogP contribution in [0.1, 0.15) is 45.8 Å². The van der Waals surface area contributed by atoms with Crippen molar-refractivity contribution in [2.75, 3.05) is 13.1 Å². The summed E-state index contributed by atoms with van der Waals surface area (Å²) in [4.78, 5) is 38.0. The molecular formula is C18H20N4O2S. The van der Waals surface area contributed by atoms with E-state index in [1.54, 1.807) is 17.5 Å². The molecule has 0 spiro atoms. The number of carbonyl (C=O) groups is 1. The monoisotopic (exact) mass is 356 g/mol. The van der Waals surface area contributed by atoms with Gasteiger partial charge in [-0.25, -0.2) is 9.78 Å². The van der Waals surface area contributed by atoms with Crippen LogP contribution in [0.2, 0.25) is 0 Å². The number of thiophene rings is 1. The average Bonchev–Trinajstić information content (AvgIpc) is 3.26. The molecule has 0 aliphatic carbocycles. The van der Waals surface area contributed by atoms with Gasteiger partial charge in [0.15, 0.2) is 5.65 Å². The Labute approximate surface area is 148 Å². The topological polar surface area (TPSA) is 81.8 Å². The third kappa shape index (κ3) is 3.00. The third-order valence-corrected chi connectivity index (χ3v) is 6.11. The minimum Gasteiger partial charge on any atom is -0.338 e. The Morgan fingerprint density at radius 3 is 2.80 bits per heavy atom. The lowest BCUT2D eigenvalue weighted by Crippen LogP contribution is -2.37. The molecule has 0 saturated carbocycles. The number of aryl methyl sites for hydroxylation is 1. The van der Waals surface area contributed by atoms with Crippen molar-refractivity contribution in [2.45, 2.75) is 32.1 Å². The van der Waals surface area contributed by atoms with Gasteiger partial charge in [-0.15, -0.1) is 11.3 Å². The molecule has 0 unspecified atom stereocenters. The minimum absolute atomic E-state index is 0.137.